The number of fused-ring (bicyclic) bond motifs is 1. The highest BCUT2D eigenvalue weighted by Crippen LogP contribution is 2.32. The highest BCUT2D eigenvalue weighted by atomic mass is 19.1. The molecule has 0 aliphatic heterocycles. The lowest BCUT2D eigenvalue weighted by molar-refractivity contribution is -0.138. The Morgan fingerprint density at radius 2 is 1.85 bits per heavy atom. The average molecular weight is 528 g/mol. The summed E-state index contributed by atoms with van der Waals surface area (Å²) in [6.07, 6.45) is 2.05. The van der Waals surface area contributed by atoms with E-state index in [9.17, 15) is 9.18 Å². The zero-order valence-corrected chi connectivity index (χ0v) is 21.0. The molecule has 0 fully saturated rings. The summed E-state index contributed by atoms with van der Waals surface area (Å²) < 4.78 is 27.5. The summed E-state index contributed by atoms with van der Waals surface area (Å²) in [5.74, 6) is 0.0805. The molecule has 3 aromatic carbocycles. The molecule has 10 heteroatoms. The molecule has 2 heterocycles. The van der Waals surface area contributed by atoms with Crippen molar-refractivity contribution in [3.8, 4) is 28.5 Å². The molecule has 0 radical (unpaired) electrons. The first kappa shape index (κ1) is 25.7. The van der Waals surface area contributed by atoms with Gasteiger partial charge in [-0.05, 0) is 71.1 Å². The Balaban J connectivity index is 1.44. The van der Waals surface area contributed by atoms with E-state index in [1.165, 1.54) is 12.1 Å². The first-order chi connectivity index (χ1) is 18.8. The Morgan fingerprint density at radius 3 is 2.59 bits per heavy atom. The van der Waals surface area contributed by atoms with Gasteiger partial charge in [0.05, 0.1) is 12.5 Å². The van der Waals surface area contributed by atoms with Crippen LogP contribution in [-0.4, -0.2) is 38.8 Å². The van der Waals surface area contributed by atoms with Crippen LogP contribution in [0.15, 0.2) is 79.0 Å². The number of benzene rings is 3. The van der Waals surface area contributed by atoms with E-state index in [0.29, 0.717) is 29.1 Å². The van der Waals surface area contributed by atoms with Crippen molar-refractivity contribution < 1.29 is 23.8 Å². The summed E-state index contributed by atoms with van der Waals surface area (Å²) in [6, 6.07) is 19.9. The molecular formula is C29H26FN5O4. The molecule has 39 heavy (non-hydrogen) atoms. The molecule has 0 saturated heterocycles. The van der Waals surface area contributed by atoms with Crippen LogP contribution in [0, 0.1) is 5.82 Å². The summed E-state index contributed by atoms with van der Waals surface area (Å²) in [4.78, 5) is 19.7. The predicted octanol–water partition coefficient (Wildman–Crippen LogP) is 4.62. The van der Waals surface area contributed by atoms with Crippen LogP contribution < -0.4 is 20.9 Å². The van der Waals surface area contributed by atoms with Crippen LogP contribution in [0.5, 0.6) is 17.4 Å². The normalized spacial score (nSPS) is 11.9. The van der Waals surface area contributed by atoms with Gasteiger partial charge >= 0.3 is 5.97 Å². The molecule has 2 aromatic heterocycles. The number of nitrogens with zero attached hydrogens (tertiary/aromatic N) is 3. The van der Waals surface area contributed by atoms with Gasteiger partial charge in [-0.3, -0.25) is 4.79 Å². The molecule has 1 unspecified atom stereocenters. The van der Waals surface area contributed by atoms with E-state index in [1.54, 1.807) is 37.4 Å². The van der Waals surface area contributed by atoms with Crippen molar-refractivity contribution in [2.75, 3.05) is 12.8 Å². The van der Waals surface area contributed by atoms with Crippen LogP contribution >= 0.6 is 0 Å². The molecule has 9 nitrogen and oxygen atoms in total. The van der Waals surface area contributed by atoms with Gasteiger partial charge in [0.25, 0.3) is 0 Å². The quantitative estimate of drug-likeness (QED) is 0.252. The fraction of sp³-hybridized carbons (Fsp3) is 0.138. The van der Waals surface area contributed by atoms with E-state index in [2.05, 4.69) is 9.97 Å². The third-order valence-corrected chi connectivity index (χ3v) is 6.31. The number of rotatable bonds is 9. The lowest BCUT2D eigenvalue weighted by atomic mass is 9.99. The molecule has 198 valence electrons. The fourth-order valence-electron chi connectivity index (χ4n) is 4.33. The van der Waals surface area contributed by atoms with Gasteiger partial charge in [0.1, 0.15) is 29.0 Å². The van der Waals surface area contributed by atoms with Crippen LogP contribution in [0.4, 0.5) is 10.3 Å². The molecule has 5 aromatic rings. The Kier molecular flexibility index (Phi) is 7.11. The Labute approximate surface area is 223 Å². The molecule has 0 aliphatic carbocycles. The van der Waals surface area contributed by atoms with Crippen molar-refractivity contribution in [1.82, 2.24) is 14.5 Å². The van der Waals surface area contributed by atoms with Crippen molar-refractivity contribution in [2.24, 2.45) is 5.73 Å². The summed E-state index contributed by atoms with van der Waals surface area (Å²) in [6.45, 7) is 0.394. The van der Waals surface area contributed by atoms with Gasteiger partial charge in [0, 0.05) is 12.7 Å². The summed E-state index contributed by atoms with van der Waals surface area (Å²) in [5, 5.41) is 9.67. The Bertz CT molecular complexity index is 1650. The Hall–Kier alpha value is -4.96. The summed E-state index contributed by atoms with van der Waals surface area (Å²) in [5.41, 5.74) is 15.4. The van der Waals surface area contributed by atoms with Crippen LogP contribution in [0.1, 0.15) is 11.1 Å². The number of aliphatic carboxylic acids is 1. The van der Waals surface area contributed by atoms with Crippen LogP contribution in [-0.2, 0) is 17.8 Å². The molecule has 0 aliphatic rings. The van der Waals surface area contributed by atoms with Gasteiger partial charge in [-0.1, -0.05) is 30.3 Å². The first-order valence-electron chi connectivity index (χ1n) is 12.1. The number of hydrogen-bond donors (Lipinski definition) is 3. The Morgan fingerprint density at radius 1 is 1.05 bits per heavy atom. The number of carboxylic acids is 1. The number of nitrogens with two attached hydrogens (primary N) is 2. The highest BCUT2D eigenvalue weighted by molar-refractivity contribution is 5.83. The van der Waals surface area contributed by atoms with Gasteiger partial charge in [0.15, 0.2) is 0 Å². The van der Waals surface area contributed by atoms with E-state index in [-0.39, 0.29) is 24.1 Å². The number of ether oxygens (including phenoxy) is 2. The van der Waals surface area contributed by atoms with Crippen molar-refractivity contribution in [2.45, 2.75) is 19.0 Å². The zero-order chi connectivity index (χ0) is 27.5. The third-order valence-electron chi connectivity index (χ3n) is 6.31. The topological polar surface area (TPSA) is 139 Å². The van der Waals surface area contributed by atoms with Gasteiger partial charge in [-0.2, -0.15) is 9.97 Å². The van der Waals surface area contributed by atoms with E-state index >= 15 is 0 Å². The van der Waals surface area contributed by atoms with E-state index in [4.69, 9.17) is 26.0 Å². The maximum atomic E-state index is 14.3. The zero-order valence-electron chi connectivity index (χ0n) is 21.0. The molecule has 0 bridgehead atoms. The van der Waals surface area contributed by atoms with Crippen LogP contribution in [0.2, 0.25) is 0 Å². The second kappa shape index (κ2) is 10.8. The van der Waals surface area contributed by atoms with Gasteiger partial charge in [-0.25, -0.2) is 4.39 Å². The second-order valence-electron chi connectivity index (χ2n) is 9.00. The number of nitrogen functional groups attached to an aromatic ring is 1. The second-order valence-corrected chi connectivity index (χ2v) is 9.00. The minimum Gasteiger partial charge on any atom is -0.497 e. The van der Waals surface area contributed by atoms with Gasteiger partial charge in [0.2, 0.25) is 11.8 Å². The lowest BCUT2D eigenvalue weighted by Gasteiger charge is -2.13. The van der Waals surface area contributed by atoms with Crippen LogP contribution in [0.3, 0.4) is 0 Å². The largest absolute Gasteiger partial charge is 0.497 e. The minimum absolute atomic E-state index is 0.0358. The van der Waals surface area contributed by atoms with Gasteiger partial charge in [-0.15, -0.1) is 0 Å². The standard InChI is InChI=1S/C29H26FN5O4/c1-38-22-4-2-3-18(14-22)24-15-20(30)8-7-19(24)16-35-12-11-23-26(35)33-29(32)34-27(23)39-21-9-5-17(6-10-21)13-25(31)28(36)37/h2-12,14-15,25H,13,16,31H2,1H3,(H,36,37)(H2,32,33,34). The average Bonchev–Trinajstić information content (AvgIpc) is 3.33. The molecule has 0 spiro atoms. The van der Waals surface area contributed by atoms with Crippen LogP contribution in [0.25, 0.3) is 22.2 Å². The van der Waals surface area contributed by atoms with Crippen molar-refractivity contribution in [3.05, 3.63) is 95.9 Å². The third kappa shape index (κ3) is 5.65. The fourth-order valence-corrected chi connectivity index (χ4v) is 4.33. The number of carboxylic acid groups (broad SMARTS) is 1. The minimum atomic E-state index is -1.06. The highest BCUT2D eigenvalue weighted by Gasteiger charge is 2.16. The first-order valence-corrected chi connectivity index (χ1v) is 12.1. The van der Waals surface area contributed by atoms with E-state index in [0.717, 1.165) is 22.3 Å². The number of aromatic nitrogens is 3. The van der Waals surface area contributed by atoms with E-state index < -0.39 is 12.0 Å². The molecular weight excluding hydrogens is 501 g/mol. The number of anilines is 1. The smallest absolute Gasteiger partial charge is 0.320 e. The number of hydrogen-bond acceptors (Lipinski definition) is 7. The molecule has 1 atom stereocenters. The van der Waals surface area contributed by atoms with Crippen molar-refractivity contribution in [3.63, 3.8) is 0 Å². The summed E-state index contributed by atoms with van der Waals surface area (Å²) in [7, 11) is 1.59. The number of methoxy groups -OCH3 is 1. The molecule has 5 N–H and O–H groups in total. The maximum absolute atomic E-state index is 14.3. The van der Waals surface area contributed by atoms with E-state index in [1.807, 2.05) is 41.1 Å². The maximum Gasteiger partial charge on any atom is 0.320 e. The monoisotopic (exact) mass is 527 g/mol. The number of carbonyl (C=O) groups is 1. The van der Waals surface area contributed by atoms with Crippen molar-refractivity contribution >= 4 is 23.0 Å². The van der Waals surface area contributed by atoms with Crippen molar-refractivity contribution in [1.29, 1.82) is 0 Å². The SMILES string of the molecule is COc1cccc(-c2cc(F)ccc2Cn2ccc3c(Oc4ccc(CC(N)C(=O)O)cc4)nc(N)nc32)c1. The molecule has 0 saturated carbocycles. The predicted molar refractivity (Wildman–Crippen MR) is 145 cm³/mol. The molecule has 5 rings (SSSR count). The number of halogens is 1. The lowest BCUT2D eigenvalue weighted by Crippen LogP contribution is -2.32. The molecule has 0 amide bonds. The van der Waals surface area contributed by atoms with Gasteiger partial charge < -0.3 is 30.6 Å². The summed E-state index contributed by atoms with van der Waals surface area (Å²) >= 11 is 0.